The van der Waals surface area contributed by atoms with Gasteiger partial charge in [0.2, 0.25) is 0 Å². The molecule has 3 aromatic carbocycles. The van der Waals surface area contributed by atoms with Crippen molar-refractivity contribution in [1.82, 2.24) is 9.80 Å². The summed E-state index contributed by atoms with van der Waals surface area (Å²) in [4.78, 5) is 31.9. The average molecular weight is 782 g/mol. The van der Waals surface area contributed by atoms with Crippen LogP contribution in [0.5, 0.6) is 11.5 Å². The maximum absolute atomic E-state index is 14.9. The topological polar surface area (TPSA) is 86.8 Å². The number of hydrogen-bond acceptors (Lipinski definition) is 7. The van der Waals surface area contributed by atoms with Gasteiger partial charge in [0, 0.05) is 31.8 Å². The van der Waals surface area contributed by atoms with Crippen LogP contribution in [0.15, 0.2) is 60.2 Å². The predicted octanol–water partition coefficient (Wildman–Crippen LogP) is 8.96. The molecule has 1 saturated carbocycles. The number of carbonyl (C=O) groups excluding carboxylic acids is 2. The van der Waals surface area contributed by atoms with Crippen LogP contribution in [0.3, 0.4) is 0 Å². The van der Waals surface area contributed by atoms with Gasteiger partial charge in [-0.05, 0) is 87.1 Å². The third-order valence-electron chi connectivity index (χ3n) is 8.40. The van der Waals surface area contributed by atoms with Crippen molar-refractivity contribution in [1.29, 1.82) is 0 Å². The first kappa shape index (κ1) is 39.6. The maximum atomic E-state index is 14.9. The van der Waals surface area contributed by atoms with Gasteiger partial charge in [-0.25, -0.2) is 13.6 Å². The van der Waals surface area contributed by atoms with E-state index in [1.54, 1.807) is 54.8 Å². The van der Waals surface area contributed by atoms with E-state index in [2.05, 4.69) is 0 Å². The van der Waals surface area contributed by atoms with Gasteiger partial charge in [-0.2, -0.15) is 0 Å². The molecule has 0 N–H and O–H groups in total. The second-order valence-electron chi connectivity index (χ2n) is 13.4. The van der Waals surface area contributed by atoms with Crippen molar-refractivity contribution in [2.24, 2.45) is 0 Å². The highest BCUT2D eigenvalue weighted by Crippen LogP contribution is 2.39. The summed E-state index contributed by atoms with van der Waals surface area (Å²) >= 11 is 18.8. The lowest BCUT2D eigenvalue weighted by molar-refractivity contribution is -0.129. The molecule has 0 aromatic heterocycles. The van der Waals surface area contributed by atoms with E-state index in [9.17, 15) is 18.4 Å². The minimum absolute atomic E-state index is 0.0181. The first-order valence-corrected chi connectivity index (χ1v) is 17.9. The number of benzene rings is 3. The number of carbonyl (C=O) groups is 2. The largest absolute Gasteiger partial charge is 0.490 e. The highest BCUT2D eigenvalue weighted by molar-refractivity contribution is 6.42. The van der Waals surface area contributed by atoms with E-state index in [1.807, 2.05) is 18.2 Å². The van der Waals surface area contributed by atoms with E-state index < -0.39 is 34.4 Å². The SMILES string of the molecule is COCOCC1C(C(=O)N(Cc2cccc(Cl)c2Cl)C2CC2)=C(c2ccc(OCCOc3c(F)ccc(F)c3Cl)cc2)CCN1C(=O)OC(C)(C)C. The number of halogens is 5. The number of nitrogens with zero attached hydrogens (tertiary/aromatic N) is 2. The summed E-state index contributed by atoms with van der Waals surface area (Å²) in [5.74, 6) is -1.74. The van der Waals surface area contributed by atoms with Gasteiger partial charge < -0.3 is 28.6 Å². The van der Waals surface area contributed by atoms with Crippen LogP contribution < -0.4 is 9.47 Å². The van der Waals surface area contributed by atoms with Crippen molar-refractivity contribution >= 4 is 52.4 Å². The summed E-state index contributed by atoms with van der Waals surface area (Å²) in [7, 11) is 1.49. The molecule has 0 radical (unpaired) electrons. The Hall–Kier alpha value is -3.61. The zero-order valence-corrected chi connectivity index (χ0v) is 31.6. The number of rotatable bonds is 14. The number of ether oxygens (including phenoxy) is 5. The summed E-state index contributed by atoms with van der Waals surface area (Å²) in [6, 6.07) is 13.5. The van der Waals surface area contributed by atoms with Gasteiger partial charge in [0.1, 0.15) is 42.2 Å². The van der Waals surface area contributed by atoms with Gasteiger partial charge in [-0.1, -0.05) is 59.1 Å². The molecule has 9 nitrogen and oxygen atoms in total. The molecule has 1 heterocycles. The number of methoxy groups -OCH3 is 1. The second-order valence-corrected chi connectivity index (χ2v) is 14.5. The minimum Gasteiger partial charge on any atom is -0.490 e. The Labute approximate surface area is 317 Å². The van der Waals surface area contributed by atoms with Crippen LogP contribution in [0.4, 0.5) is 13.6 Å². The molecule has 0 saturated heterocycles. The van der Waals surface area contributed by atoms with Crippen LogP contribution in [0.1, 0.15) is 51.2 Å². The lowest BCUT2D eigenvalue weighted by Gasteiger charge is -2.40. The molecule has 1 fully saturated rings. The van der Waals surface area contributed by atoms with Crippen LogP contribution >= 0.6 is 34.8 Å². The quantitative estimate of drug-likeness (QED) is 0.0918. The van der Waals surface area contributed by atoms with E-state index in [0.717, 1.165) is 36.1 Å². The molecule has 0 bridgehead atoms. The fourth-order valence-electron chi connectivity index (χ4n) is 5.86. The highest BCUT2D eigenvalue weighted by atomic mass is 35.5. The molecule has 1 unspecified atom stereocenters. The fourth-order valence-corrected chi connectivity index (χ4v) is 6.45. The third kappa shape index (κ3) is 9.87. The summed E-state index contributed by atoms with van der Waals surface area (Å²) in [6.45, 7) is 5.69. The van der Waals surface area contributed by atoms with Crippen LogP contribution in [0.25, 0.3) is 5.57 Å². The zero-order chi connectivity index (χ0) is 37.6. The highest BCUT2D eigenvalue weighted by Gasteiger charge is 2.43. The maximum Gasteiger partial charge on any atom is 0.410 e. The van der Waals surface area contributed by atoms with E-state index in [0.29, 0.717) is 33.4 Å². The van der Waals surface area contributed by atoms with Crippen LogP contribution in [-0.2, 0) is 25.5 Å². The Morgan fingerprint density at radius 2 is 1.62 bits per heavy atom. The standard InChI is InChI=1S/C38H41Cl3F2N2O7/c1-38(2,3)52-37(47)44-17-16-27(23-8-12-26(13-9-23)50-18-19-51-35-30(43)15-14-29(42)34(35)41)32(31(44)21-49-22-48-4)36(46)45(25-10-11-25)20-24-6-5-7-28(39)33(24)40/h5-9,12-15,25,31H,10-11,16-22H2,1-4H3. The summed E-state index contributed by atoms with van der Waals surface area (Å²) in [5, 5.41) is 0.323. The molecule has 280 valence electrons. The zero-order valence-electron chi connectivity index (χ0n) is 29.4. The molecule has 52 heavy (non-hydrogen) atoms. The molecule has 2 amide bonds. The van der Waals surface area contributed by atoms with Gasteiger partial charge in [0.15, 0.2) is 11.6 Å². The first-order chi connectivity index (χ1) is 24.8. The lowest BCUT2D eigenvalue weighted by Crippen LogP contribution is -2.52. The summed E-state index contributed by atoms with van der Waals surface area (Å²) in [5.41, 5.74) is 1.82. The molecule has 1 aliphatic carbocycles. The van der Waals surface area contributed by atoms with Crippen molar-refractivity contribution in [3.05, 3.63) is 98.0 Å². The Morgan fingerprint density at radius 1 is 0.923 bits per heavy atom. The number of amides is 2. The Bertz CT molecular complexity index is 1780. The predicted molar refractivity (Wildman–Crippen MR) is 195 cm³/mol. The Morgan fingerprint density at radius 3 is 2.29 bits per heavy atom. The van der Waals surface area contributed by atoms with Gasteiger partial charge in [0.25, 0.3) is 5.91 Å². The summed E-state index contributed by atoms with van der Waals surface area (Å²) in [6.07, 6.45) is 1.43. The first-order valence-electron chi connectivity index (χ1n) is 16.8. The Kier molecular flexibility index (Phi) is 13.3. The van der Waals surface area contributed by atoms with Crippen molar-refractivity contribution in [3.63, 3.8) is 0 Å². The van der Waals surface area contributed by atoms with Gasteiger partial charge in [-0.15, -0.1) is 0 Å². The van der Waals surface area contributed by atoms with E-state index in [1.165, 1.54) is 7.11 Å². The molecule has 0 spiro atoms. The molecule has 1 aliphatic heterocycles. The molecule has 2 aliphatic rings. The monoisotopic (exact) mass is 780 g/mol. The summed E-state index contributed by atoms with van der Waals surface area (Å²) < 4.78 is 55.8. The smallest absolute Gasteiger partial charge is 0.410 e. The number of hydrogen-bond donors (Lipinski definition) is 0. The molecular formula is C38H41Cl3F2N2O7. The van der Waals surface area contributed by atoms with Gasteiger partial charge in [0.05, 0.1) is 22.7 Å². The molecular weight excluding hydrogens is 741 g/mol. The third-order valence-corrected chi connectivity index (χ3v) is 9.61. The lowest BCUT2D eigenvalue weighted by atomic mass is 9.87. The van der Waals surface area contributed by atoms with Crippen LogP contribution in [0, 0.1) is 11.6 Å². The Balaban J connectivity index is 1.46. The van der Waals surface area contributed by atoms with E-state index in [-0.39, 0.29) is 57.4 Å². The normalized spacial score (nSPS) is 16.2. The average Bonchev–Trinajstić information content (AvgIpc) is 3.95. The van der Waals surface area contributed by atoms with Crippen LogP contribution in [-0.4, -0.2) is 79.8 Å². The van der Waals surface area contributed by atoms with E-state index in [4.69, 9.17) is 58.5 Å². The molecule has 3 aromatic rings. The van der Waals surface area contributed by atoms with E-state index >= 15 is 0 Å². The minimum atomic E-state index is -0.805. The van der Waals surface area contributed by atoms with Gasteiger partial charge >= 0.3 is 6.09 Å². The fraction of sp³-hybridized carbons (Fsp3) is 0.421. The second kappa shape index (κ2) is 17.5. The van der Waals surface area contributed by atoms with Crippen LogP contribution in [0.2, 0.25) is 15.1 Å². The van der Waals surface area contributed by atoms with Crippen molar-refractivity contribution < 1.29 is 42.1 Å². The molecule has 14 heteroatoms. The molecule has 5 rings (SSSR count). The van der Waals surface area contributed by atoms with Crippen molar-refractivity contribution in [3.8, 4) is 11.5 Å². The van der Waals surface area contributed by atoms with Gasteiger partial charge in [-0.3, -0.25) is 9.69 Å². The molecule has 1 atom stereocenters. The van der Waals surface area contributed by atoms with Crippen molar-refractivity contribution in [2.75, 3.05) is 40.3 Å². The van der Waals surface area contributed by atoms with Crippen molar-refractivity contribution in [2.45, 2.75) is 64.3 Å².